The van der Waals surface area contributed by atoms with Crippen LogP contribution in [0, 0.1) is 0 Å². The summed E-state index contributed by atoms with van der Waals surface area (Å²) in [6.45, 7) is 7.84. The predicted molar refractivity (Wildman–Crippen MR) is 53.3 cm³/mol. The van der Waals surface area contributed by atoms with Gasteiger partial charge in [0.1, 0.15) is 6.10 Å². The Kier molecular flexibility index (Phi) is 5.54. The Morgan fingerprint density at radius 1 is 0.917 bits per heavy atom. The van der Waals surface area contributed by atoms with E-state index in [4.69, 9.17) is 0 Å². The topological polar surface area (TPSA) is 45.0 Å². The summed E-state index contributed by atoms with van der Waals surface area (Å²) in [4.78, 5) is 8.07. The van der Waals surface area contributed by atoms with Crippen molar-refractivity contribution in [2.45, 2.75) is 45.9 Å². The molecular weight excluding hydrogens is 152 g/mol. The second-order valence-corrected chi connectivity index (χ2v) is 3.27. The van der Waals surface area contributed by atoms with E-state index in [1.165, 1.54) is 12.4 Å². The normalized spacial score (nSPS) is 15.6. The van der Waals surface area contributed by atoms with Gasteiger partial charge in [-0.25, -0.2) is 0 Å². The summed E-state index contributed by atoms with van der Waals surface area (Å²) in [7, 11) is 0. The first-order chi connectivity index (χ1) is 5.52. The molecule has 0 saturated carbocycles. The van der Waals surface area contributed by atoms with Crippen LogP contribution < -0.4 is 0 Å². The molecule has 12 heavy (non-hydrogen) atoms. The smallest absolute Gasteiger partial charge is 0.123 e. The minimum absolute atomic E-state index is 0.229. The van der Waals surface area contributed by atoms with Gasteiger partial charge in [-0.05, 0) is 27.7 Å². The van der Waals surface area contributed by atoms with Crippen LogP contribution in [0.3, 0.4) is 0 Å². The summed E-state index contributed by atoms with van der Waals surface area (Å²) < 4.78 is 0. The zero-order chi connectivity index (χ0) is 9.56. The van der Waals surface area contributed by atoms with Crippen molar-refractivity contribution in [3.8, 4) is 0 Å². The maximum atomic E-state index is 9.25. The van der Waals surface area contributed by atoms with Gasteiger partial charge in [0, 0.05) is 24.5 Å². The highest BCUT2D eigenvalue weighted by molar-refractivity contribution is 5.86. The summed E-state index contributed by atoms with van der Waals surface area (Å²) in [5.74, 6) is 0. The lowest BCUT2D eigenvalue weighted by atomic mass is 10.3. The molecule has 0 aliphatic carbocycles. The summed E-state index contributed by atoms with van der Waals surface area (Å²) in [5, 5.41) is 9.25. The Balaban J connectivity index is 3.80. The highest BCUT2D eigenvalue weighted by Gasteiger charge is 1.94. The Morgan fingerprint density at radius 3 is 1.50 bits per heavy atom. The Hall–Kier alpha value is -0.700. The van der Waals surface area contributed by atoms with Gasteiger partial charge in [-0.1, -0.05) is 0 Å². The molecule has 0 amide bonds. The van der Waals surface area contributed by atoms with Crippen LogP contribution in [0.5, 0.6) is 0 Å². The summed E-state index contributed by atoms with van der Waals surface area (Å²) in [6.07, 6.45) is 2.38. The fourth-order valence-corrected chi connectivity index (χ4v) is 0.559. The first-order valence-corrected chi connectivity index (χ1v) is 4.27. The molecule has 0 rings (SSSR count). The second-order valence-electron chi connectivity index (χ2n) is 3.27. The van der Waals surface area contributed by atoms with E-state index in [0.29, 0.717) is 0 Å². The van der Waals surface area contributed by atoms with Crippen LogP contribution in [0.2, 0.25) is 0 Å². The predicted octanol–water partition coefficient (Wildman–Crippen LogP) is 1.31. The lowest BCUT2D eigenvalue weighted by molar-refractivity contribution is 0.313. The molecule has 0 unspecified atom stereocenters. The van der Waals surface area contributed by atoms with Crippen LogP contribution in [-0.4, -0.2) is 35.7 Å². The molecule has 70 valence electrons. The molecule has 0 aliphatic rings. The lowest BCUT2D eigenvalue weighted by Crippen LogP contribution is -2.12. The third-order valence-corrected chi connectivity index (χ3v) is 1.07. The third-order valence-electron chi connectivity index (χ3n) is 1.07. The van der Waals surface area contributed by atoms with E-state index in [-0.39, 0.29) is 12.1 Å². The summed E-state index contributed by atoms with van der Waals surface area (Å²) in [6, 6.07) is 0.458. The third kappa shape index (κ3) is 7.41. The van der Waals surface area contributed by atoms with Crippen molar-refractivity contribution in [3.63, 3.8) is 0 Å². The van der Waals surface area contributed by atoms with Crippen LogP contribution >= 0.6 is 0 Å². The van der Waals surface area contributed by atoms with Gasteiger partial charge in [0.25, 0.3) is 0 Å². The molecule has 0 atom stereocenters. The van der Waals surface area contributed by atoms with Crippen molar-refractivity contribution in [3.05, 3.63) is 0 Å². The van der Waals surface area contributed by atoms with Crippen molar-refractivity contribution in [1.82, 2.24) is 0 Å². The number of aliphatic imine (C=N–C) groups is 2. The highest BCUT2D eigenvalue weighted by Crippen LogP contribution is 1.87. The van der Waals surface area contributed by atoms with Gasteiger partial charge < -0.3 is 5.11 Å². The number of nitrogens with zero attached hydrogens (tertiary/aromatic N) is 2. The average molecular weight is 170 g/mol. The number of aliphatic hydroxyl groups is 1. The van der Waals surface area contributed by atoms with Crippen molar-refractivity contribution in [1.29, 1.82) is 0 Å². The molecule has 0 radical (unpaired) electrons. The molecule has 0 aromatic rings. The monoisotopic (exact) mass is 170 g/mol. The van der Waals surface area contributed by atoms with Gasteiger partial charge in [-0.3, -0.25) is 9.98 Å². The molecule has 0 spiro atoms. The molecule has 0 saturated heterocycles. The van der Waals surface area contributed by atoms with E-state index < -0.39 is 6.10 Å². The van der Waals surface area contributed by atoms with Crippen LogP contribution in [0.1, 0.15) is 27.7 Å². The first-order valence-electron chi connectivity index (χ1n) is 4.27. The largest absolute Gasteiger partial charge is 0.382 e. The molecule has 3 heteroatoms. The Bertz CT molecular complexity index is 144. The maximum Gasteiger partial charge on any atom is 0.123 e. The van der Waals surface area contributed by atoms with E-state index in [1.54, 1.807) is 0 Å². The highest BCUT2D eigenvalue weighted by atomic mass is 16.3. The van der Waals surface area contributed by atoms with E-state index in [9.17, 15) is 5.11 Å². The fourth-order valence-electron chi connectivity index (χ4n) is 0.559. The molecular formula is C9H18N2O. The maximum absolute atomic E-state index is 9.25. The van der Waals surface area contributed by atoms with Gasteiger partial charge in [-0.2, -0.15) is 0 Å². The van der Waals surface area contributed by atoms with Crippen molar-refractivity contribution >= 4 is 12.4 Å². The second kappa shape index (κ2) is 5.89. The SMILES string of the molecule is CC(C)N=CC(O)C=NC(C)C. The minimum Gasteiger partial charge on any atom is -0.382 e. The zero-order valence-electron chi connectivity index (χ0n) is 8.23. The lowest BCUT2D eigenvalue weighted by Gasteiger charge is -1.99. The Labute approximate surface area is 74.2 Å². The Morgan fingerprint density at radius 2 is 1.25 bits per heavy atom. The van der Waals surface area contributed by atoms with Crippen LogP contribution in [0.25, 0.3) is 0 Å². The quantitative estimate of drug-likeness (QED) is 0.635. The molecule has 0 aromatic heterocycles. The number of hydrogen-bond donors (Lipinski definition) is 1. The molecule has 0 heterocycles. The van der Waals surface area contributed by atoms with Gasteiger partial charge >= 0.3 is 0 Å². The van der Waals surface area contributed by atoms with Gasteiger partial charge in [0.2, 0.25) is 0 Å². The number of rotatable bonds is 4. The summed E-state index contributed by atoms with van der Waals surface area (Å²) in [5.41, 5.74) is 0. The molecule has 3 nitrogen and oxygen atoms in total. The van der Waals surface area contributed by atoms with E-state index in [1.807, 2.05) is 27.7 Å². The van der Waals surface area contributed by atoms with Gasteiger partial charge in [0.15, 0.2) is 0 Å². The van der Waals surface area contributed by atoms with Crippen molar-refractivity contribution < 1.29 is 5.11 Å². The van der Waals surface area contributed by atoms with E-state index in [0.717, 1.165) is 0 Å². The van der Waals surface area contributed by atoms with Crippen molar-refractivity contribution in [2.75, 3.05) is 0 Å². The molecule has 1 N–H and O–H groups in total. The molecule has 0 bridgehead atoms. The minimum atomic E-state index is -0.644. The van der Waals surface area contributed by atoms with Crippen LogP contribution in [0.15, 0.2) is 9.98 Å². The fraction of sp³-hybridized carbons (Fsp3) is 0.778. The zero-order valence-corrected chi connectivity index (χ0v) is 8.23. The number of aliphatic hydroxyl groups excluding tert-OH is 1. The standard InChI is InChI=1S/C9H18N2O/c1-7(2)10-5-9(12)6-11-8(3)4/h5-9,12H,1-4H3. The van der Waals surface area contributed by atoms with Crippen LogP contribution in [-0.2, 0) is 0 Å². The summed E-state index contributed by atoms with van der Waals surface area (Å²) >= 11 is 0. The molecule has 0 aromatic carbocycles. The van der Waals surface area contributed by atoms with Gasteiger partial charge in [0.05, 0.1) is 0 Å². The average Bonchev–Trinajstić information content (AvgIpc) is 1.96. The number of hydrogen-bond acceptors (Lipinski definition) is 3. The molecule has 0 fully saturated rings. The van der Waals surface area contributed by atoms with Crippen molar-refractivity contribution in [2.24, 2.45) is 9.98 Å². The van der Waals surface area contributed by atoms with E-state index in [2.05, 4.69) is 9.98 Å². The van der Waals surface area contributed by atoms with Gasteiger partial charge in [-0.15, -0.1) is 0 Å². The van der Waals surface area contributed by atoms with E-state index >= 15 is 0 Å². The van der Waals surface area contributed by atoms with Crippen LogP contribution in [0.4, 0.5) is 0 Å². The first kappa shape index (κ1) is 11.3. The molecule has 0 aliphatic heterocycles.